The van der Waals surface area contributed by atoms with Crippen molar-refractivity contribution < 1.29 is 175 Å². The molecule has 0 amide bonds. The SMILES string of the molecule is C=C(C)C(=O)OCC(=O)Oc1c(Br)cc(Br)cc1C(=O)OC(CS(=O)(=O)[O-])C(F)(F)F.C=C(C)C(=O)Oc1cc(Br)cc(C(=O)OC(CS(=O)(=O)[O-])C(F)(F)F)c1.C=C(C)C(=O)Oc1cc(C(=O)OC(CS(=O)(=O)[O-])C(F)(F)F)ccc1Br.Fc1ccc([I+]c2ccccc2)cc1.c1ccc(-[s+]2c3ccccc3c3ccccc32)cc1.c1ccc([S+]2c3ccccc3Oc3ccccc32)cc1. The molecule has 3 unspecified atom stereocenters. The molecule has 12 aromatic rings. The van der Waals surface area contributed by atoms with E-state index in [-0.39, 0.29) is 94.5 Å². The minimum absolute atomic E-state index is 0.0200. The zero-order valence-corrected chi connectivity index (χ0v) is 82.6. The minimum Gasteiger partial charge on any atom is -0.748 e. The largest absolute Gasteiger partial charge is 0.748 e. The van der Waals surface area contributed by atoms with Crippen LogP contribution in [0.15, 0.2) is 330 Å². The maximum Gasteiger partial charge on any atom is 0.426 e. The van der Waals surface area contributed by atoms with Crippen LogP contribution < -0.4 is 40.2 Å². The van der Waals surface area contributed by atoms with Crippen molar-refractivity contribution in [2.45, 2.75) is 72.3 Å². The number of hydrogen-bond acceptors (Lipinski definition) is 24. The summed E-state index contributed by atoms with van der Waals surface area (Å²) in [6.07, 6.45) is -25.4. The van der Waals surface area contributed by atoms with Gasteiger partial charge in [0, 0.05) is 46.9 Å². The maximum absolute atomic E-state index is 13.0. The number of rotatable bonds is 24. The Labute approximate surface area is 820 Å². The third kappa shape index (κ3) is 34.6. The normalized spacial score (nSPS) is 12.4. The molecular formula is C92H69Br4F10IO24S5. The molecule has 1 aliphatic rings. The number of carbonyl (C=O) groups excluding carboxylic acids is 7. The molecule has 11 aromatic carbocycles. The van der Waals surface area contributed by atoms with Gasteiger partial charge in [-0.15, -0.1) is 0 Å². The van der Waals surface area contributed by atoms with Crippen LogP contribution in [-0.2, 0) is 79.4 Å². The van der Waals surface area contributed by atoms with E-state index in [1.54, 1.807) is 0 Å². The van der Waals surface area contributed by atoms with Gasteiger partial charge in [-0.2, -0.15) is 39.5 Å². The molecule has 13 rings (SSSR count). The first-order chi connectivity index (χ1) is 63.6. The van der Waals surface area contributed by atoms with E-state index in [1.165, 1.54) is 98.0 Å². The summed E-state index contributed by atoms with van der Waals surface area (Å²) in [5.41, 5.74) is -1.61. The highest BCUT2D eigenvalue weighted by molar-refractivity contribution is 9.11. The van der Waals surface area contributed by atoms with Crippen molar-refractivity contribution in [2.24, 2.45) is 0 Å². The second kappa shape index (κ2) is 49.3. The molecule has 2 heterocycles. The molecule has 0 saturated carbocycles. The van der Waals surface area contributed by atoms with E-state index in [1.807, 2.05) is 54.6 Å². The molecule has 0 spiro atoms. The Morgan fingerprint density at radius 2 is 0.831 bits per heavy atom. The number of para-hydroxylation sites is 2. The van der Waals surface area contributed by atoms with E-state index in [0.29, 0.717) is 0 Å². The van der Waals surface area contributed by atoms with Crippen LogP contribution in [-0.4, -0.2) is 141 Å². The summed E-state index contributed by atoms with van der Waals surface area (Å²) in [4.78, 5) is 87.5. The van der Waals surface area contributed by atoms with Crippen LogP contribution in [0.3, 0.4) is 0 Å². The van der Waals surface area contributed by atoms with Gasteiger partial charge in [0.2, 0.25) is 28.1 Å². The molecule has 716 valence electrons. The number of fused-ring (bicyclic) bond motifs is 5. The fraction of sp³-hybridized carbons (Fsp3) is 0.141. The highest BCUT2D eigenvalue weighted by Crippen LogP contribution is 2.49. The number of halogens is 15. The van der Waals surface area contributed by atoms with Crippen LogP contribution in [0.25, 0.3) is 25.1 Å². The molecule has 24 nitrogen and oxygen atoms in total. The van der Waals surface area contributed by atoms with Crippen LogP contribution in [0, 0.1) is 13.0 Å². The van der Waals surface area contributed by atoms with E-state index >= 15 is 0 Å². The van der Waals surface area contributed by atoms with Crippen LogP contribution in [0.4, 0.5) is 43.9 Å². The van der Waals surface area contributed by atoms with Gasteiger partial charge < -0.3 is 51.6 Å². The van der Waals surface area contributed by atoms with Crippen molar-refractivity contribution in [3.05, 3.63) is 345 Å². The Hall–Kier alpha value is -11.0. The lowest BCUT2D eigenvalue weighted by Crippen LogP contribution is -3.61. The van der Waals surface area contributed by atoms with Crippen molar-refractivity contribution in [2.75, 3.05) is 23.9 Å². The van der Waals surface area contributed by atoms with Gasteiger partial charge in [0.1, 0.15) is 33.8 Å². The summed E-state index contributed by atoms with van der Waals surface area (Å²) in [7, 11) is -16.1. The average Bonchev–Trinajstić information content (AvgIpc) is 1.65. The van der Waals surface area contributed by atoms with Gasteiger partial charge in [-0.1, -0.05) is 155 Å². The molecule has 1 aliphatic heterocycles. The lowest BCUT2D eigenvalue weighted by Gasteiger charge is -2.22. The van der Waals surface area contributed by atoms with E-state index in [9.17, 15) is 116 Å². The molecule has 0 radical (unpaired) electrons. The smallest absolute Gasteiger partial charge is 0.426 e. The summed E-state index contributed by atoms with van der Waals surface area (Å²) in [6.45, 7) is 13.1. The highest BCUT2D eigenvalue weighted by Gasteiger charge is 2.48. The van der Waals surface area contributed by atoms with Crippen LogP contribution >= 0.6 is 74.2 Å². The number of alkyl halides is 9. The first kappa shape index (κ1) is 110. The van der Waals surface area contributed by atoms with Crippen molar-refractivity contribution in [3.8, 4) is 33.6 Å². The fourth-order valence-electron chi connectivity index (χ4n) is 11.0. The second-order valence-corrected chi connectivity index (χ2v) is 42.6. The van der Waals surface area contributed by atoms with Crippen molar-refractivity contribution in [1.29, 1.82) is 0 Å². The van der Waals surface area contributed by atoms with Crippen molar-refractivity contribution in [3.63, 3.8) is 0 Å². The summed E-state index contributed by atoms with van der Waals surface area (Å²) >= 11 is 11.8. The fourth-order valence-corrected chi connectivity index (χ4v) is 21.8. The molecule has 0 saturated heterocycles. The van der Waals surface area contributed by atoms with Gasteiger partial charge in [-0.05, 0) is 210 Å². The van der Waals surface area contributed by atoms with Gasteiger partial charge in [-0.25, -0.2) is 63.2 Å². The zero-order chi connectivity index (χ0) is 101. The predicted octanol–water partition coefficient (Wildman–Crippen LogP) is 18.6. The predicted molar refractivity (Wildman–Crippen MR) is 489 cm³/mol. The molecule has 0 aliphatic carbocycles. The van der Waals surface area contributed by atoms with E-state index in [0.717, 1.165) is 41.8 Å². The standard InChI is InChI=1S/C18H13OS.C18H13S.C16H13Br2F3O9S.2C14H12BrF3O7S.C12H9FI/c1-2-8-14(9-3-1)20-17-12-6-4-10-15(17)19-16-11-5-7-13-18(16)20;1-2-8-14(9-3-1)19-17-12-6-4-10-15(17)16-11-5-7-13-18(16)19;1-7(2)14(23)28-5-12(22)30-13-9(3-8(17)4-10(13)18)15(24)29-11(16(19,20)21)6-31(25,26)27;1-7(2)12(19)24-10-4-8(3-9(15)5-10)13(20)25-11(14(16,17)18)6-26(21,22)23;1-7(2)12(19)24-10-5-8(3-4-9(10)15)13(20)25-11(14(16,17)18)6-26(21,22)23;13-10-6-8-12(9-7-10)14-11-4-2-1-3-5-11/h1-13H;1-13H;3-4,11H,1,5-6H2,2H3,(H,25,26,27);2*3-5,11H,1,6H2,2H3,(H,21,22,23);1-9H/q2*+1;;;;+1/p-3. The summed E-state index contributed by atoms with van der Waals surface area (Å²) in [5.74, 6) is -13.9. The number of esters is 7. The number of ether oxygens (including phenoxy) is 8. The molecule has 44 heteroatoms. The van der Waals surface area contributed by atoms with E-state index in [4.69, 9.17) is 18.9 Å². The van der Waals surface area contributed by atoms with Gasteiger partial charge in [-0.3, -0.25) is 0 Å². The Balaban J connectivity index is 0.000000203. The molecule has 3 atom stereocenters. The molecule has 0 bridgehead atoms. The number of benzene rings is 11. The van der Waals surface area contributed by atoms with Gasteiger partial charge in [0.05, 0.1) is 67.7 Å². The lowest BCUT2D eigenvalue weighted by molar-refractivity contribution is -0.597. The summed E-state index contributed by atoms with van der Waals surface area (Å²) in [5, 5.41) is 2.79. The molecule has 0 fully saturated rings. The Morgan fingerprint density at radius 1 is 0.426 bits per heavy atom. The topological polar surface area (TPSA) is 365 Å². The quantitative estimate of drug-likeness (QED) is 0.00792. The summed E-state index contributed by atoms with van der Waals surface area (Å²) in [6, 6.07) is 81.4. The second-order valence-electron chi connectivity index (χ2n) is 27.8. The Bertz CT molecular complexity index is 6670. The van der Waals surface area contributed by atoms with Gasteiger partial charge in [0.25, 0.3) is 0 Å². The third-order valence-electron chi connectivity index (χ3n) is 17.0. The first-order valence-corrected chi connectivity index (χ1v) is 50.7. The molecule has 136 heavy (non-hydrogen) atoms. The number of thiophene rings is 1. The van der Waals surface area contributed by atoms with Crippen LogP contribution in [0.2, 0.25) is 0 Å². The maximum atomic E-state index is 13.0. The lowest BCUT2D eigenvalue weighted by atomic mass is 10.2. The van der Waals surface area contributed by atoms with Crippen molar-refractivity contribution in [1.82, 2.24) is 0 Å². The summed E-state index contributed by atoms with van der Waals surface area (Å²) < 4.78 is 267. The average molecular weight is 2360 g/mol. The van der Waals surface area contributed by atoms with Crippen molar-refractivity contribution >= 4 is 177 Å². The van der Waals surface area contributed by atoms with E-state index < -0.39 is 155 Å². The first-order valence-electron chi connectivity index (χ1n) is 38.2. The molecule has 0 N–H and O–H groups in total. The number of hydrogen-bond donors (Lipinski definition) is 0. The van der Waals surface area contributed by atoms with Crippen LogP contribution in [0.5, 0.6) is 28.7 Å². The van der Waals surface area contributed by atoms with Crippen LogP contribution in [0.1, 0.15) is 51.8 Å². The van der Waals surface area contributed by atoms with Gasteiger partial charge in [0.15, 0.2) is 50.2 Å². The number of carbonyl (C=O) groups is 7. The zero-order valence-electron chi connectivity index (χ0n) is 70.0. The molecule has 1 aromatic heterocycles. The third-order valence-corrected chi connectivity index (χ3v) is 28.6. The van der Waals surface area contributed by atoms with E-state index in [2.05, 4.69) is 248 Å². The van der Waals surface area contributed by atoms with Gasteiger partial charge >= 0.3 is 81.5 Å². The highest BCUT2D eigenvalue weighted by atomic mass is 127. The minimum atomic E-state index is -5.41. The Kier molecular flexibility index (Phi) is 40.0. The Morgan fingerprint density at radius 3 is 1.29 bits per heavy atom. The monoisotopic (exact) mass is 2350 g/mol. The molecular weight excluding hydrogens is 2290 g/mol.